The molecule has 0 fully saturated rings. The Morgan fingerprint density at radius 3 is 1.50 bits per heavy atom. The fourth-order valence-electron chi connectivity index (χ4n) is 1.74. The summed E-state index contributed by atoms with van der Waals surface area (Å²) in [7, 11) is 0. The van der Waals surface area contributed by atoms with Crippen LogP contribution in [0.3, 0.4) is 0 Å². The van der Waals surface area contributed by atoms with Crippen LogP contribution in [0.5, 0.6) is 0 Å². The van der Waals surface area contributed by atoms with Crippen molar-refractivity contribution >= 4 is 11.8 Å². The second kappa shape index (κ2) is 5.98. The van der Waals surface area contributed by atoms with Crippen molar-refractivity contribution in [3.63, 3.8) is 0 Å². The third-order valence-corrected chi connectivity index (χ3v) is 2.75. The van der Waals surface area contributed by atoms with E-state index in [-0.39, 0.29) is 6.07 Å². The van der Waals surface area contributed by atoms with Crippen molar-refractivity contribution < 1.29 is 35.9 Å². The zero-order chi connectivity index (χ0) is 17.3. The Morgan fingerprint density at radius 2 is 1.23 bits per heavy atom. The van der Waals surface area contributed by atoms with E-state index in [2.05, 4.69) is 0 Å². The Bertz CT molecular complexity index is 545. The second-order valence-electron chi connectivity index (χ2n) is 4.54. The molecule has 0 aliphatic heterocycles. The molecule has 0 spiro atoms. The van der Waals surface area contributed by atoms with E-state index in [1.165, 1.54) is 0 Å². The van der Waals surface area contributed by atoms with Crippen LogP contribution < -0.4 is 0 Å². The molecule has 3 nitrogen and oxygen atoms in total. The summed E-state index contributed by atoms with van der Waals surface area (Å²) in [5.41, 5.74) is -3.43. The van der Waals surface area contributed by atoms with Gasteiger partial charge >= 0.3 is 12.4 Å². The molecule has 1 rings (SSSR count). The van der Waals surface area contributed by atoms with Crippen LogP contribution in [-0.4, -0.2) is 16.7 Å². The first-order chi connectivity index (χ1) is 9.82. The number of carbonyl (C=O) groups is 2. The summed E-state index contributed by atoms with van der Waals surface area (Å²) in [6.45, 7) is 1.30. The van der Waals surface area contributed by atoms with Crippen LogP contribution in [0.1, 0.15) is 30.5 Å². The largest absolute Gasteiger partial charge is 0.416 e. The predicted molar refractivity (Wildman–Crippen MR) is 63.4 cm³/mol. The van der Waals surface area contributed by atoms with Crippen molar-refractivity contribution in [2.75, 3.05) is 0 Å². The fraction of sp³-hybridized carbons (Fsp3) is 0.385. The summed E-state index contributed by atoms with van der Waals surface area (Å²) in [6.07, 6.45) is -9.96. The number of alkyl halides is 6. The Hall–Kier alpha value is -2.06. The number of nitrogens with zero attached hydrogens (tertiary/aromatic N) is 1. The van der Waals surface area contributed by atoms with Crippen LogP contribution in [0.15, 0.2) is 18.2 Å². The van der Waals surface area contributed by atoms with Gasteiger partial charge in [-0.2, -0.15) is 26.3 Å². The maximum atomic E-state index is 12.7. The lowest BCUT2D eigenvalue weighted by atomic mass is 10.0. The molecule has 122 valence electrons. The molecule has 0 radical (unpaired) electrons. The van der Waals surface area contributed by atoms with Crippen LogP contribution >= 0.6 is 0 Å². The van der Waals surface area contributed by atoms with Gasteiger partial charge in [0, 0.05) is 13.8 Å². The SMILES string of the molecule is CC(=O)N(Cc1cc(C(F)(F)F)cc(C(F)(F)F)c1)C(C)=O. The van der Waals surface area contributed by atoms with Crippen LogP contribution in [0.4, 0.5) is 26.3 Å². The maximum Gasteiger partial charge on any atom is 0.416 e. The number of hydrogen-bond donors (Lipinski definition) is 0. The molecule has 0 aliphatic rings. The maximum absolute atomic E-state index is 12.7. The van der Waals surface area contributed by atoms with Gasteiger partial charge in [-0.05, 0) is 23.8 Å². The molecule has 0 atom stereocenters. The van der Waals surface area contributed by atoms with Crippen molar-refractivity contribution in [2.24, 2.45) is 0 Å². The van der Waals surface area contributed by atoms with Gasteiger partial charge in [0.2, 0.25) is 11.8 Å². The van der Waals surface area contributed by atoms with Gasteiger partial charge in [-0.3, -0.25) is 14.5 Å². The Morgan fingerprint density at radius 1 is 0.864 bits per heavy atom. The molecular weight excluding hydrogens is 316 g/mol. The molecule has 1 aromatic carbocycles. The van der Waals surface area contributed by atoms with Crippen molar-refractivity contribution in [3.05, 3.63) is 34.9 Å². The molecule has 0 N–H and O–H groups in total. The third-order valence-electron chi connectivity index (χ3n) is 2.75. The van der Waals surface area contributed by atoms with Crippen molar-refractivity contribution in [1.82, 2.24) is 4.90 Å². The van der Waals surface area contributed by atoms with E-state index >= 15 is 0 Å². The molecule has 0 aliphatic carbocycles. The van der Waals surface area contributed by atoms with E-state index in [1.807, 2.05) is 0 Å². The lowest BCUT2D eigenvalue weighted by Gasteiger charge is -2.19. The van der Waals surface area contributed by atoms with Crippen molar-refractivity contribution in [2.45, 2.75) is 32.7 Å². The second-order valence-corrected chi connectivity index (χ2v) is 4.54. The molecule has 0 saturated heterocycles. The molecule has 1 aromatic rings. The number of imide groups is 1. The Kier molecular flexibility index (Phi) is 4.89. The minimum Gasteiger partial charge on any atom is -0.279 e. The van der Waals surface area contributed by atoms with E-state index in [0.717, 1.165) is 13.8 Å². The van der Waals surface area contributed by atoms with E-state index in [1.54, 1.807) is 0 Å². The average Bonchev–Trinajstić information content (AvgIpc) is 2.32. The van der Waals surface area contributed by atoms with Crippen molar-refractivity contribution in [3.8, 4) is 0 Å². The highest BCUT2D eigenvalue weighted by molar-refractivity contribution is 5.92. The Labute approximate surface area is 121 Å². The summed E-state index contributed by atoms with van der Waals surface area (Å²) in [5.74, 6) is -1.56. The third kappa shape index (κ3) is 4.47. The molecule has 2 amide bonds. The quantitative estimate of drug-likeness (QED) is 0.778. The van der Waals surface area contributed by atoms with Crippen LogP contribution in [0.25, 0.3) is 0 Å². The minimum absolute atomic E-state index is 0.0185. The van der Waals surface area contributed by atoms with Gasteiger partial charge in [0.15, 0.2) is 0 Å². The zero-order valence-electron chi connectivity index (χ0n) is 11.5. The monoisotopic (exact) mass is 327 g/mol. The number of carbonyl (C=O) groups excluding carboxylic acids is 2. The van der Waals surface area contributed by atoms with Gasteiger partial charge in [0.25, 0.3) is 0 Å². The van der Waals surface area contributed by atoms with E-state index in [9.17, 15) is 35.9 Å². The Balaban J connectivity index is 3.35. The number of rotatable bonds is 2. The van der Waals surface area contributed by atoms with E-state index < -0.39 is 47.4 Å². The van der Waals surface area contributed by atoms with Crippen LogP contribution in [-0.2, 0) is 28.5 Å². The lowest BCUT2D eigenvalue weighted by molar-refractivity contribution is -0.143. The highest BCUT2D eigenvalue weighted by Gasteiger charge is 2.37. The lowest BCUT2D eigenvalue weighted by Crippen LogP contribution is -2.32. The normalized spacial score (nSPS) is 12.2. The van der Waals surface area contributed by atoms with E-state index in [0.29, 0.717) is 17.0 Å². The number of benzene rings is 1. The summed E-state index contributed by atoms with van der Waals surface area (Å²) < 4.78 is 76.1. The highest BCUT2D eigenvalue weighted by Crippen LogP contribution is 2.36. The molecule has 22 heavy (non-hydrogen) atoms. The fourth-order valence-corrected chi connectivity index (χ4v) is 1.74. The predicted octanol–water partition coefficient (Wildman–Crippen LogP) is 3.62. The highest BCUT2D eigenvalue weighted by atomic mass is 19.4. The average molecular weight is 327 g/mol. The summed E-state index contributed by atoms with van der Waals surface area (Å²) >= 11 is 0. The summed E-state index contributed by atoms with van der Waals surface area (Å²) in [4.78, 5) is 23.0. The molecule has 0 aromatic heterocycles. The number of halogens is 6. The standard InChI is InChI=1S/C13H11F6NO2/c1-7(21)20(8(2)22)6-9-3-10(12(14,15)16)5-11(4-9)13(17,18)19/h3-5H,6H2,1-2H3. The number of amides is 2. The molecule has 0 saturated carbocycles. The van der Waals surface area contributed by atoms with E-state index in [4.69, 9.17) is 0 Å². The van der Waals surface area contributed by atoms with Crippen molar-refractivity contribution in [1.29, 1.82) is 0 Å². The van der Waals surface area contributed by atoms with Gasteiger partial charge in [-0.25, -0.2) is 0 Å². The van der Waals surface area contributed by atoms with Gasteiger partial charge in [0.1, 0.15) is 0 Å². The summed E-state index contributed by atoms with van der Waals surface area (Å²) in [6, 6.07) is 0.942. The minimum atomic E-state index is -4.98. The molecule has 0 bridgehead atoms. The molecular formula is C13H11F6NO2. The first kappa shape index (κ1) is 18.0. The van der Waals surface area contributed by atoms with Crippen LogP contribution in [0, 0.1) is 0 Å². The molecule has 0 unspecified atom stereocenters. The van der Waals surface area contributed by atoms with Gasteiger partial charge < -0.3 is 0 Å². The molecule has 9 heteroatoms. The van der Waals surface area contributed by atoms with Crippen LogP contribution in [0.2, 0.25) is 0 Å². The first-order valence-corrected chi connectivity index (χ1v) is 5.89. The smallest absolute Gasteiger partial charge is 0.279 e. The summed E-state index contributed by atoms with van der Waals surface area (Å²) in [5, 5.41) is 0. The molecule has 0 heterocycles. The van der Waals surface area contributed by atoms with Gasteiger partial charge in [-0.15, -0.1) is 0 Å². The zero-order valence-corrected chi connectivity index (χ0v) is 11.5. The topological polar surface area (TPSA) is 37.4 Å². The van der Waals surface area contributed by atoms with Gasteiger partial charge in [-0.1, -0.05) is 0 Å². The number of hydrogen-bond acceptors (Lipinski definition) is 2. The first-order valence-electron chi connectivity index (χ1n) is 5.89. The van der Waals surface area contributed by atoms with Gasteiger partial charge in [0.05, 0.1) is 17.7 Å².